The Morgan fingerprint density at radius 3 is 2.93 bits per heavy atom. The number of rotatable bonds is 1. The molecule has 2 aromatic rings. The fourth-order valence-corrected chi connectivity index (χ4v) is 5.28. The molecule has 0 bridgehead atoms. The molecule has 4 rings (SSSR count). The number of aromatic nitrogens is 2. The summed E-state index contributed by atoms with van der Waals surface area (Å²) in [7, 11) is 0. The molecule has 0 aliphatic carbocycles. The summed E-state index contributed by atoms with van der Waals surface area (Å²) in [4.78, 5) is 37.1. The molecule has 0 saturated carbocycles. The van der Waals surface area contributed by atoms with Crippen molar-refractivity contribution in [3.63, 3.8) is 0 Å². The standard InChI is InChI=1S/C18H23BrN4O3S/c1-18(2,3)26-17(25)23-8-10-5-4-6-22(10)9-12(23)15-20-11-7-13(19)27-14(11)16(24)21-15/h7,10,12H,4-6,8-9H2,1-3H3,(H,20,21,24)/t10-,12?/m1/s1. The number of hydrogen-bond acceptors (Lipinski definition) is 6. The second-order valence-electron chi connectivity index (χ2n) is 8.16. The molecule has 1 amide bonds. The maximum atomic E-state index is 12.9. The Balaban J connectivity index is 1.72. The number of H-pyrrole nitrogens is 1. The SMILES string of the molecule is CC(C)(C)OC(=O)N1C[C@H]2CCCN2CC1c1nc2cc(Br)sc2c(=O)[nH]1. The van der Waals surface area contributed by atoms with Gasteiger partial charge in [-0.15, -0.1) is 11.3 Å². The lowest BCUT2D eigenvalue weighted by atomic mass is 10.1. The van der Waals surface area contributed by atoms with Gasteiger partial charge in [0.15, 0.2) is 0 Å². The van der Waals surface area contributed by atoms with E-state index in [1.54, 1.807) is 4.90 Å². The summed E-state index contributed by atoms with van der Waals surface area (Å²) in [6, 6.07) is 1.86. The van der Waals surface area contributed by atoms with Crippen molar-refractivity contribution in [2.75, 3.05) is 19.6 Å². The molecule has 2 aromatic heterocycles. The highest BCUT2D eigenvalue weighted by Gasteiger charge is 2.41. The van der Waals surface area contributed by atoms with Crippen LogP contribution in [0.5, 0.6) is 0 Å². The molecule has 7 nitrogen and oxygen atoms in total. The van der Waals surface area contributed by atoms with E-state index < -0.39 is 5.60 Å². The van der Waals surface area contributed by atoms with E-state index >= 15 is 0 Å². The molecule has 27 heavy (non-hydrogen) atoms. The monoisotopic (exact) mass is 454 g/mol. The zero-order valence-electron chi connectivity index (χ0n) is 15.6. The zero-order valence-corrected chi connectivity index (χ0v) is 18.0. The summed E-state index contributed by atoms with van der Waals surface area (Å²) >= 11 is 4.78. The lowest BCUT2D eigenvalue weighted by molar-refractivity contribution is -0.0108. The Kier molecular flexibility index (Phi) is 4.80. The molecule has 2 fully saturated rings. The minimum absolute atomic E-state index is 0.168. The van der Waals surface area contributed by atoms with Gasteiger partial charge in [-0.1, -0.05) is 0 Å². The number of carbonyl (C=O) groups excluding carboxylic acids is 1. The zero-order chi connectivity index (χ0) is 19.3. The largest absolute Gasteiger partial charge is 0.444 e. The number of thiophene rings is 1. The van der Waals surface area contributed by atoms with E-state index in [9.17, 15) is 9.59 Å². The van der Waals surface area contributed by atoms with Gasteiger partial charge >= 0.3 is 6.09 Å². The molecule has 0 spiro atoms. The molecule has 2 aliphatic heterocycles. The lowest BCUT2D eigenvalue weighted by Crippen LogP contribution is -2.55. The smallest absolute Gasteiger partial charge is 0.411 e. The van der Waals surface area contributed by atoms with Crippen LogP contribution < -0.4 is 5.56 Å². The van der Waals surface area contributed by atoms with Crippen LogP contribution in [-0.2, 0) is 4.74 Å². The van der Waals surface area contributed by atoms with Crippen LogP contribution in [0, 0.1) is 0 Å². The van der Waals surface area contributed by atoms with Gasteiger partial charge in [0.2, 0.25) is 0 Å². The van der Waals surface area contributed by atoms with Gasteiger partial charge in [-0.2, -0.15) is 0 Å². The summed E-state index contributed by atoms with van der Waals surface area (Å²) in [5.74, 6) is 0.522. The number of nitrogens with zero attached hydrogens (tertiary/aromatic N) is 3. The van der Waals surface area contributed by atoms with Gasteiger partial charge in [-0.05, 0) is 62.2 Å². The molecule has 4 heterocycles. The molecule has 2 saturated heterocycles. The van der Waals surface area contributed by atoms with Crippen LogP contribution in [0.15, 0.2) is 14.6 Å². The summed E-state index contributed by atoms with van der Waals surface area (Å²) in [5.41, 5.74) is -0.0889. The molecule has 2 atom stereocenters. The van der Waals surface area contributed by atoms with E-state index in [-0.39, 0.29) is 17.7 Å². The Bertz CT molecular complexity index is 935. The maximum absolute atomic E-state index is 12.9. The number of nitrogens with one attached hydrogen (secondary N) is 1. The molecule has 2 aliphatic rings. The Morgan fingerprint density at radius 2 is 2.19 bits per heavy atom. The first-order valence-corrected chi connectivity index (χ1v) is 10.7. The minimum atomic E-state index is -0.572. The van der Waals surface area contributed by atoms with E-state index in [1.807, 2.05) is 26.8 Å². The number of halogens is 1. The average Bonchev–Trinajstić information content (AvgIpc) is 3.17. The van der Waals surface area contributed by atoms with Crippen LogP contribution in [-0.4, -0.2) is 57.1 Å². The quantitative estimate of drug-likeness (QED) is 0.712. The maximum Gasteiger partial charge on any atom is 0.411 e. The fraction of sp³-hybridized carbons (Fsp3) is 0.611. The second-order valence-corrected chi connectivity index (χ2v) is 10.6. The van der Waals surface area contributed by atoms with Crippen LogP contribution in [0.2, 0.25) is 0 Å². The second kappa shape index (κ2) is 6.86. The van der Waals surface area contributed by atoms with Crippen molar-refractivity contribution in [1.82, 2.24) is 19.8 Å². The normalized spacial score (nSPS) is 23.6. The number of aromatic amines is 1. The third kappa shape index (κ3) is 3.77. The molecular formula is C18H23BrN4O3S. The summed E-state index contributed by atoms with van der Waals surface area (Å²) in [6.45, 7) is 7.85. The molecule has 9 heteroatoms. The van der Waals surface area contributed by atoms with Crippen LogP contribution >= 0.6 is 27.3 Å². The van der Waals surface area contributed by atoms with Gasteiger partial charge in [0, 0.05) is 19.1 Å². The van der Waals surface area contributed by atoms with Gasteiger partial charge in [0.1, 0.15) is 22.2 Å². The predicted octanol–water partition coefficient (Wildman–Crippen LogP) is 3.50. The van der Waals surface area contributed by atoms with Crippen LogP contribution in [0.25, 0.3) is 10.2 Å². The first-order chi connectivity index (χ1) is 12.7. The average molecular weight is 455 g/mol. The molecule has 0 radical (unpaired) electrons. The van der Waals surface area contributed by atoms with Crippen molar-refractivity contribution in [3.8, 4) is 0 Å². The summed E-state index contributed by atoms with van der Waals surface area (Å²) < 4.78 is 7.09. The van der Waals surface area contributed by atoms with Crippen LogP contribution in [0.1, 0.15) is 45.5 Å². The van der Waals surface area contributed by atoms with Gasteiger partial charge in [-0.25, -0.2) is 9.78 Å². The number of carbonyl (C=O) groups is 1. The van der Waals surface area contributed by atoms with Gasteiger partial charge < -0.3 is 9.72 Å². The van der Waals surface area contributed by atoms with Gasteiger partial charge in [-0.3, -0.25) is 14.6 Å². The van der Waals surface area contributed by atoms with Crippen molar-refractivity contribution in [3.05, 3.63) is 26.0 Å². The van der Waals surface area contributed by atoms with Crippen molar-refractivity contribution >= 4 is 43.6 Å². The van der Waals surface area contributed by atoms with Crippen molar-refractivity contribution in [2.45, 2.75) is 51.3 Å². The van der Waals surface area contributed by atoms with Gasteiger partial charge in [0.05, 0.1) is 9.30 Å². The molecular weight excluding hydrogens is 432 g/mol. The third-order valence-electron chi connectivity index (χ3n) is 5.00. The number of fused-ring (bicyclic) bond motifs is 2. The van der Waals surface area contributed by atoms with Crippen LogP contribution in [0.4, 0.5) is 4.79 Å². The minimum Gasteiger partial charge on any atom is -0.444 e. The summed E-state index contributed by atoms with van der Waals surface area (Å²) in [6.07, 6.45) is 1.85. The number of amides is 1. The highest BCUT2D eigenvalue weighted by Crippen LogP contribution is 2.33. The summed E-state index contributed by atoms with van der Waals surface area (Å²) in [5, 5.41) is 0. The first kappa shape index (κ1) is 18.9. The van der Waals surface area contributed by atoms with Crippen LogP contribution in [0.3, 0.4) is 0 Å². The van der Waals surface area contributed by atoms with E-state index in [4.69, 9.17) is 4.74 Å². The topological polar surface area (TPSA) is 78.5 Å². The fourth-order valence-electron chi connectivity index (χ4n) is 3.86. The Hall–Kier alpha value is -1.45. The highest BCUT2D eigenvalue weighted by molar-refractivity contribution is 9.11. The van der Waals surface area contributed by atoms with Crippen molar-refractivity contribution in [1.29, 1.82) is 0 Å². The lowest BCUT2D eigenvalue weighted by Gasteiger charge is -2.43. The molecule has 146 valence electrons. The van der Waals surface area contributed by atoms with E-state index in [0.29, 0.717) is 35.2 Å². The highest BCUT2D eigenvalue weighted by atomic mass is 79.9. The van der Waals surface area contributed by atoms with E-state index in [0.717, 1.165) is 23.2 Å². The van der Waals surface area contributed by atoms with E-state index in [2.05, 4.69) is 30.8 Å². The molecule has 1 N–H and O–H groups in total. The number of ether oxygens (including phenoxy) is 1. The van der Waals surface area contributed by atoms with Crippen molar-refractivity contribution < 1.29 is 9.53 Å². The third-order valence-corrected chi connectivity index (χ3v) is 6.63. The number of piperazine rings is 1. The predicted molar refractivity (Wildman–Crippen MR) is 108 cm³/mol. The Morgan fingerprint density at radius 1 is 1.41 bits per heavy atom. The van der Waals surface area contributed by atoms with Gasteiger partial charge in [0.25, 0.3) is 5.56 Å². The first-order valence-electron chi connectivity index (χ1n) is 9.14. The Labute approximate surface area is 169 Å². The molecule has 1 unspecified atom stereocenters. The molecule has 0 aromatic carbocycles. The van der Waals surface area contributed by atoms with E-state index in [1.165, 1.54) is 11.3 Å². The number of hydrogen-bond donors (Lipinski definition) is 1. The van der Waals surface area contributed by atoms with Crippen molar-refractivity contribution in [2.24, 2.45) is 0 Å².